The van der Waals surface area contributed by atoms with Gasteiger partial charge in [-0.15, -0.1) is 0 Å². The van der Waals surface area contributed by atoms with E-state index in [-0.39, 0.29) is 11.4 Å². The lowest BCUT2D eigenvalue weighted by molar-refractivity contribution is -0.383. The Morgan fingerprint density at radius 2 is 1.88 bits per heavy atom. The molecular formula is C12H9N2O2. The van der Waals surface area contributed by atoms with Crippen molar-refractivity contribution in [2.24, 2.45) is 0 Å². The van der Waals surface area contributed by atoms with Crippen molar-refractivity contribution < 1.29 is 4.92 Å². The number of anilines is 1. The largest absolute Gasteiger partial charge is 0.393 e. The summed E-state index contributed by atoms with van der Waals surface area (Å²) in [5.74, 6) is 0. The molecule has 2 aromatic rings. The molecule has 2 rings (SSSR count). The summed E-state index contributed by atoms with van der Waals surface area (Å²) in [4.78, 5) is 10.2. The Bertz CT molecular complexity index is 524. The highest BCUT2D eigenvalue weighted by Gasteiger charge is 2.12. The third-order valence-electron chi connectivity index (χ3n) is 2.26. The molecule has 0 spiro atoms. The van der Waals surface area contributed by atoms with Crippen LogP contribution in [-0.2, 0) is 0 Å². The zero-order valence-corrected chi connectivity index (χ0v) is 8.38. The van der Waals surface area contributed by atoms with Gasteiger partial charge in [0, 0.05) is 12.1 Å². The van der Waals surface area contributed by atoms with Gasteiger partial charge < -0.3 is 5.73 Å². The molecule has 0 atom stereocenters. The van der Waals surface area contributed by atoms with Crippen LogP contribution < -0.4 is 5.73 Å². The number of hydrogen-bond donors (Lipinski definition) is 1. The van der Waals surface area contributed by atoms with Gasteiger partial charge in [-0.25, -0.2) is 0 Å². The number of nitro benzene ring substituents is 1. The lowest BCUT2D eigenvalue weighted by Crippen LogP contribution is -1.95. The number of benzene rings is 2. The molecule has 0 saturated heterocycles. The summed E-state index contributed by atoms with van der Waals surface area (Å²) in [5.41, 5.74) is 7.06. The topological polar surface area (TPSA) is 69.2 Å². The molecule has 16 heavy (non-hydrogen) atoms. The fraction of sp³-hybridized carbons (Fsp3) is 0. The van der Waals surface area contributed by atoms with Crippen molar-refractivity contribution >= 4 is 11.4 Å². The Balaban J connectivity index is 2.52. The van der Waals surface area contributed by atoms with Gasteiger partial charge in [-0.2, -0.15) is 0 Å². The summed E-state index contributed by atoms with van der Waals surface area (Å²) in [6.07, 6.45) is 0. The van der Waals surface area contributed by atoms with Gasteiger partial charge in [0.1, 0.15) is 5.69 Å². The highest BCUT2D eigenvalue weighted by Crippen LogP contribution is 2.27. The van der Waals surface area contributed by atoms with Gasteiger partial charge in [0.15, 0.2) is 0 Å². The molecule has 0 fully saturated rings. The Kier molecular flexibility index (Phi) is 2.55. The molecule has 0 aliphatic rings. The third-order valence-corrected chi connectivity index (χ3v) is 2.26. The molecule has 0 aliphatic heterocycles. The van der Waals surface area contributed by atoms with E-state index in [1.165, 1.54) is 6.07 Å². The van der Waals surface area contributed by atoms with Crippen LogP contribution in [0, 0.1) is 16.2 Å². The first-order valence-electron chi connectivity index (χ1n) is 4.69. The number of hydrogen-bond acceptors (Lipinski definition) is 3. The average molecular weight is 213 g/mol. The lowest BCUT2D eigenvalue weighted by atomic mass is 10.0. The zero-order chi connectivity index (χ0) is 11.5. The number of rotatable bonds is 2. The molecule has 1 radical (unpaired) electrons. The second-order valence-corrected chi connectivity index (χ2v) is 3.31. The zero-order valence-electron chi connectivity index (χ0n) is 8.38. The predicted molar refractivity (Wildman–Crippen MR) is 61.8 cm³/mol. The maximum Gasteiger partial charge on any atom is 0.293 e. The third kappa shape index (κ3) is 1.86. The Morgan fingerprint density at radius 3 is 2.50 bits per heavy atom. The van der Waals surface area contributed by atoms with E-state index in [1.54, 1.807) is 6.07 Å². The van der Waals surface area contributed by atoms with Gasteiger partial charge in [-0.1, -0.05) is 30.3 Å². The molecule has 0 bridgehead atoms. The van der Waals surface area contributed by atoms with Crippen LogP contribution in [0.1, 0.15) is 0 Å². The fourth-order valence-corrected chi connectivity index (χ4v) is 1.44. The van der Waals surface area contributed by atoms with Crippen LogP contribution in [0.2, 0.25) is 0 Å². The van der Waals surface area contributed by atoms with Gasteiger partial charge in [0.25, 0.3) is 5.69 Å². The van der Waals surface area contributed by atoms with Gasteiger partial charge in [-0.05, 0) is 17.2 Å². The van der Waals surface area contributed by atoms with Crippen molar-refractivity contribution in [3.8, 4) is 11.1 Å². The van der Waals surface area contributed by atoms with Gasteiger partial charge in [0.05, 0.1) is 4.92 Å². The van der Waals surface area contributed by atoms with Crippen LogP contribution >= 0.6 is 0 Å². The van der Waals surface area contributed by atoms with E-state index in [0.29, 0.717) is 0 Å². The van der Waals surface area contributed by atoms with Gasteiger partial charge in [-0.3, -0.25) is 10.1 Å². The molecule has 79 valence electrons. The van der Waals surface area contributed by atoms with Crippen molar-refractivity contribution in [3.63, 3.8) is 0 Å². The summed E-state index contributed by atoms with van der Waals surface area (Å²) in [6, 6.07) is 15.2. The number of nitrogens with two attached hydrogens (primary N) is 1. The first-order chi connectivity index (χ1) is 7.68. The standard InChI is InChI=1S/C12H9N2O2/c13-11-7-6-10(8-12(11)14(15)16)9-4-2-1-3-5-9/h1-6,8H,13H2. The first-order valence-corrected chi connectivity index (χ1v) is 4.69. The Hall–Kier alpha value is -2.36. The molecular weight excluding hydrogens is 204 g/mol. The van der Waals surface area contributed by atoms with Crippen molar-refractivity contribution in [3.05, 3.63) is 58.6 Å². The minimum Gasteiger partial charge on any atom is -0.393 e. The molecule has 4 nitrogen and oxygen atoms in total. The maximum atomic E-state index is 10.7. The van der Waals surface area contributed by atoms with Crippen LogP contribution in [0.5, 0.6) is 0 Å². The lowest BCUT2D eigenvalue weighted by Gasteiger charge is -2.02. The number of nitro groups is 1. The Labute approximate surface area is 92.5 Å². The molecule has 0 aromatic heterocycles. The summed E-state index contributed by atoms with van der Waals surface area (Å²) in [5, 5.41) is 10.7. The summed E-state index contributed by atoms with van der Waals surface area (Å²) >= 11 is 0. The molecule has 0 saturated carbocycles. The monoisotopic (exact) mass is 213 g/mol. The normalized spacial score (nSPS) is 10.0. The van der Waals surface area contributed by atoms with E-state index in [1.807, 2.05) is 30.3 Å². The maximum absolute atomic E-state index is 10.7. The molecule has 0 unspecified atom stereocenters. The van der Waals surface area contributed by atoms with Crippen molar-refractivity contribution in [1.29, 1.82) is 0 Å². The highest BCUT2D eigenvalue weighted by molar-refractivity contribution is 5.71. The molecule has 2 N–H and O–H groups in total. The molecule has 0 aliphatic carbocycles. The van der Waals surface area contributed by atoms with Gasteiger partial charge in [0.2, 0.25) is 0 Å². The minimum atomic E-state index is -0.502. The van der Waals surface area contributed by atoms with E-state index in [0.717, 1.165) is 11.1 Å². The summed E-state index contributed by atoms with van der Waals surface area (Å²) in [7, 11) is 0. The average Bonchev–Trinajstić information content (AvgIpc) is 2.30. The summed E-state index contributed by atoms with van der Waals surface area (Å²) in [6.45, 7) is 0. The van der Waals surface area contributed by atoms with E-state index < -0.39 is 4.92 Å². The molecule has 4 heteroatoms. The van der Waals surface area contributed by atoms with Crippen LogP contribution in [0.15, 0.2) is 42.5 Å². The minimum absolute atomic E-state index is 0.0599. The second kappa shape index (κ2) is 4.02. The first kappa shape index (κ1) is 10.2. The Morgan fingerprint density at radius 1 is 1.19 bits per heavy atom. The number of nitrogens with zero attached hydrogens (tertiary/aromatic N) is 1. The van der Waals surface area contributed by atoms with Crippen molar-refractivity contribution in [1.82, 2.24) is 0 Å². The molecule has 2 aromatic carbocycles. The second-order valence-electron chi connectivity index (χ2n) is 3.31. The highest BCUT2D eigenvalue weighted by atomic mass is 16.6. The van der Waals surface area contributed by atoms with Gasteiger partial charge >= 0.3 is 0 Å². The van der Waals surface area contributed by atoms with Crippen LogP contribution in [0.3, 0.4) is 0 Å². The predicted octanol–water partition coefficient (Wildman–Crippen LogP) is 2.64. The van der Waals surface area contributed by atoms with E-state index in [2.05, 4.69) is 6.07 Å². The van der Waals surface area contributed by atoms with Crippen LogP contribution in [-0.4, -0.2) is 4.92 Å². The van der Waals surface area contributed by atoms with E-state index in [9.17, 15) is 10.1 Å². The number of nitrogen functional groups attached to an aromatic ring is 1. The molecule has 0 heterocycles. The quantitative estimate of drug-likeness (QED) is 0.473. The van der Waals surface area contributed by atoms with E-state index in [4.69, 9.17) is 5.73 Å². The smallest absolute Gasteiger partial charge is 0.293 e. The van der Waals surface area contributed by atoms with Crippen molar-refractivity contribution in [2.75, 3.05) is 5.73 Å². The van der Waals surface area contributed by atoms with E-state index >= 15 is 0 Å². The van der Waals surface area contributed by atoms with Crippen LogP contribution in [0.4, 0.5) is 11.4 Å². The van der Waals surface area contributed by atoms with Crippen LogP contribution in [0.25, 0.3) is 11.1 Å². The summed E-state index contributed by atoms with van der Waals surface area (Å²) < 4.78 is 0. The fourth-order valence-electron chi connectivity index (χ4n) is 1.44. The van der Waals surface area contributed by atoms with Crippen molar-refractivity contribution in [2.45, 2.75) is 0 Å². The SMILES string of the molecule is Nc1[c]cc(-c2ccccc2)cc1[N+](=O)[O-]. The molecule has 0 amide bonds.